The molecule has 0 bridgehead atoms. The number of hydrogen-bond donors (Lipinski definition) is 2. The molecule has 0 atom stereocenters. The molecule has 1 amide bonds. The topological polar surface area (TPSA) is 93.2 Å². The van der Waals surface area contributed by atoms with Gasteiger partial charge in [0.05, 0.1) is 29.3 Å². The van der Waals surface area contributed by atoms with Crippen molar-refractivity contribution < 1.29 is 14.3 Å². The van der Waals surface area contributed by atoms with Gasteiger partial charge in [0.15, 0.2) is 4.77 Å². The highest BCUT2D eigenvalue weighted by molar-refractivity contribution is 7.71. The fraction of sp³-hybridized carbons (Fsp3) is 0.0435. The Morgan fingerprint density at radius 3 is 2.32 bits per heavy atom. The van der Waals surface area contributed by atoms with E-state index in [0.29, 0.717) is 33.4 Å². The van der Waals surface area contributed by atoms with Gasteiger partial charge in [-0.3, -0.25) is 14.2 Å². The zero-order valence-corrected chi connectivity index (χ0v) is 17.2. The molecule has 7 nitrogen and oxygen atoms in total. The minimum absolute atomic E-state index is 0.236. The van der Waals surface area contributed by atoms with Crippen LogP contribution in [-0.2, 0) is 4.74 Å². The number of ether oxygens (including phenoxy) is 1. The van der Waals surface area contributed by atoms with E-state index in [1.54, 1.807) is 54.6 Å². The number of hydrogen-bond acceptors (Lipinski definition) is 5. The first-order valence-corrected chi connectivity index (χ1v) is 9.73. The summed E-state index contributed by atoms with van der Waals surface area (Å²) in [5.74, 6) is -0.817. The van der Waals surface area contributed by atoms with Crippen LogP contribution in [0.3, 0.4) is 0 Å². The number of esters is 1. The van der Waals surface area contributed by atoms with Gasteiger partial charge in [0, 0.05) is 11.3 Å². The molecule has 8 heteroatoms. The third kappa shape index (κ3) is 4.01. The molecule has 0 spiro atoms. The summed E-state index contributed by atoms with van der Waals surface area (Å²) < 4.78 is 6.31. The fourth-order valence-corrected chi connectivity index (χ4v) is 3.48. The minimum atomic E-state index is -0.455. The predicted molar refractivity (Wildman–Crippen MR) is 120 cm³/mol. The highest BCUT2D eigenvalue weighted by Crippen LogP contribution is 2.16. The largest absolute Gasteiger partial charge is 0.465 e. The Labute approximate surface area is 181 Å². The molecular weight excluding hydrogens is 414 g/mol. The van der Waals surface area contributed by atoms with Crippen molar-refractivity contribution in [3.8, 4) is 5.69 Å². The maximum Gasteiger partial charge on any atom is 0.337 e. The number of amides is 1. The Morgan fingerprint density at radius 1 is 0.968 bits per heavy atom. The van der Waals surface area contributed by atoms with Crippen molar-refractivity contribution in [2.45, 2.75) is 0 Å². The number of fused-ring (bicyclic) bond motifs is 1. The molecule has 2 N–H and O–H groups in total. The van der Waals surface area contributed by atoms with Crippen molar-refractivity contribution in [3.05, 3.63) is 99.0 Å². The van der Waals surface area contributed by atoms with Crippen LogP contribution in [0.4, 0.5) is 5.69 Å². The molecule has 0 aliphatic rings. The highest BCUT2D eigenvalue weighted by Gasteiger charge is 2.12. The maximum atomic E-state index is 13.0. The number of H-pyrrole nitrogens is 1. The second-order valence-electron chi connectivity index (χ2n) is 6.69. The number of anilines is 1. The lowest BCUT2D eigenvalue weighted by Crippen LogP contribution is -2.21. The van der Waals surface area contributed by atoms with Crippen LogP contribution in [0.1, 0.15) is 20.7 Å². The van der Waals surface area contributed by atoms with Gasteiger partial charge < -0.3 is 15.0 Å². The first kappa shape index (κ1) is 20.2. The number of benzene rings is 3. The van der Waals surface area contributed by atoms with Gasteiger partial charge in [-0.1, -0.05) is 18.2 Å². The van der Waals surface area contributed by atoms with Gasteiger partial charge in [-0.25, -0.2) is 4.79 Å². The fourth-order valence-electron chi connectivity index (χ4n) is 3.18. The van der Waals surface area contributed by atoms with E-state index in [1.165, 1.54) is 11.7 Å². The molecule has 3 aromatic carbocycles. The van der Waals surface area contributed by atoms with Crippen LogP contribution in [0.5, 0.6) is 0 Å². The van der Waals surface area contributed by atoms with Crippen molar-refractivity contribution in [1.82, 2.24) is 9.55 Å². The third-order valence-electron chi connectivity index (χ3n) is 4.74. The molecule has 1 heterocycles. The van der Waals surface area contributed by atoms with Crippen molar-refractivity contribution >= 4 is 40.7 Å². The van der Waals surface area contributed by atoms with E-state index in [2.05, 4.69) is 15.0 Å². The minimum Gasteiger partial charge on any atom is -0.465 e. The SMILES string of the molecule is COC(=O)c1ccc(NC(=O)c2ccc3c(=O)n(-c4ccccc4)c(=S)[nH]c3c2)cc1. The van der Waals surface area contributed by atoms with Crippen molar-refractivity contribution in [3.63, 3.8) is 0 Å². The molecule has 1 aromatic heterocycles. The smallest absolute Gasteiger partial charge is 0.337 e. The Balaban J connectivity index is 1.65. The highest BCUT2D eigenvalue weighted by atomic mass is 32.1. The lowest BCUT2D eigenvalue weighted by Gasteiger charge is -2.10. The average Bonchev–Trinajstić information content (AvgIpc) is 2.79. The Bertz CT molecular complexity index is 1410. The maximum absolute atomic E-state index is 13.0. The summed E-state index contributed by atoms with van der Waals surface area (Å²) in [6.45, 7) is 0. The van der Waals surface area contributed by atoms with Gasteiger partial charge in [-0.05, 0) is 66.8 Å². The second-order valence-corrected chi connectivity index (χ2v) is 7.08. The zero-order chi connectivity index (χ0) is 22.0. The quantitative estimate of drug-likeness (QED) is 0.375. The zero-order valence-electron chi connectivity index (χ0n) is 16.4. The molecule has 0 saturated heterocycles. The average molecular weight is 431 g/mol. The predicted octanol–water partition coefficient (Wildman–Crippen LogP) is 4.09. The van der Waals surface area contributed by atoms with Gasteiger partial charge in [-0.15, -0.1) is 0 Å². The molecule has 4 aromatic rings. The first-order chi connectivity index (χ1) is 15.0. The first-order valence-electron chi connectivity index (χ1n) is 9.32. The normalized spacial score (nSPS) is 10.6. The monoisotopic (exact) mass is 431 g/mol. The number of aromatic amines is 1. The number of nitrogens with zero attached hydrogens (tertiary/aromatic N) is 1. The number of nitrogens with one attached hydrogen (secondary N) is 2. The van der Waals surface area contributed by atoms with E-state index in [9.17, 15) is 14.4 Å². The van der Waals surface area contributed by atoms with E-state index in [-0.39, 0.29) is 16.2 Å². The Hall–Kier alpha value is -4.04. The third-order valence-corrected chi connectivity index (χ3v) is 5.02. The van der Waals surface area contributed by atoms with Crippen LogP contribution in [0.25, 0.3) is 16.6 Å². The van der Waals surface area contributed by atoms with Crippen LogP contribution < -0.4 is 10.9 Å². The molecule has 0 aliphatic carbocycles. The molecule has 0 unspecified atom stereocenters. The summed E-state index contributed by atoms with van der Waals surface area (Å²) in [4.78, 5) is 40.2. The van der Waals surface area contributed by atoms with Crippen LogP contribution in [0, 0.1) is 4.77 Å². The summed E-state index contributed by atoms with van der Waals surface area (Å²) in [6.07, 6.45) is 0. The van der Waals surface area contributed by atoms with E-state index >= 15 is 0 Å². The number of aromatic nitrogens is 2. The summed E-state index contributed by atoms with van der Waals surface area (Å²) >= 11 is 5.38. The van der Waals surface area contributed by atoms with E-state index in [1.807, 2.05) is 18.2 Å². The summed E-state index contributed by atoms with van der Waals surface area (Å²) in [5.41, 5.74) is 2.12. The van der Waals surface area contributed by atoms with E-state index in [0.717, 1.165) is 0 Å². The van der Waals surface area contributed by atoms with Crippen LogP contribution in [0.2, 0.25) is 0 Å². The summed E-state index contributed by atoms with van der Waals surface area (Å²) in [7, 11) is 1.30. The van der Waals surface area contributed by atoms with Crippen LogP contribution in [0.15, 0.2) is 77.6 Å². The lowest BCUT2D eigenvalue weighted by molar-refractivity contribution is 0.0600. The van der Waals surface area contributed by atoms with E-state index < -0.39 is 5.97 Å². The molecule has 0 fully saturated rings. The van der Waals surface area contributed by atoms with Gasteiger partial charge in [-0.2, -0.15) is 0 Å². The molecule has 0 saturated carbocycles. The summed E-state index contributed by atoms with van der Waals surface area (Å²) in [6, 6.07) is 20.2. The van der Waals surface area contributed by atoms with Crippen LogP contribution in [-0.4, -0.2) is 28.5 Å². The van der Waals surface area contributed by atoms with Crippen molar-refractivity contribution in [2.24, 2.45) is 0 Å². The standard InChI is InChI=1S/C23H17N3O4S/c1-30-22(29)14-7-10-16(11-8-14)24-20(27)15-9-12-18-19(13-15)25-23(31)26(21(18)28)17-5-3-2-4-6-17/h2-13H,1H3,(H,24,27)(H,25,31). The number of rotatable bonds is 4. The van der Waals surface area contributed by atoms with Gasteiger partial charge in [0.1, 0.15) is 0 Å². The van der Waals surface area contributed by atoms with Gasteiger partial charge >= 0.3 is 5.97 Å². The second kappa shape index (κ2) is 8.37. The van der Waals surface area contributed by atoms with Crippen molar-refractivity contribution in [1.29, 1.82) is 0 Å². The number of methoxy groups -OCH3 is 1. The molecule has 0 aliphatic heterocycles. The Morgan fingerprint density at radius 2 is 1.65 bits per heavy atom. The van der Waals surface area contributed by atoms with E-state index in [4.69, 9.17) is 12.2 Å². The molecule has 4 rings (SSSR count). The number of carbonyl (C=O) groups is 2. The molecule has 154 valence electrons. The molecule has 31 heavy (non-hydrogen) atoms. The Kier molecular flexibility index (Phi) is 5.46. The molecule has 0 radical (unpaired) electrons. The number of carbonyl (C=O) groups excluding carboxylic acids is 2. The number of para-hydroxylation sites is 1. The lowest BCUT2D eigenvalue weighted by atomic mass is 10.1. The van der Waals surface area contributed by atoms with Gasteiger partial charge in [0.2, 0.25) is 0 Å². The summed E-state index contributed by atoms with van der Waals surface area (Å²) in [5, 5.41) is 3.17. The van der Waals surface area contributed by atoms with Crippen molar-refractivity contribution in [2.75, 3.05) is 12.4 Å². The molecular formula is C23H17N3O4S. The van der Waals surface area contributed by atoms with Crippen LogP contribution >= 0.6 is 12.2 Å². The van der Waals surface area contributed by atoms with Gasteiger partial charge in [0.25, 0.3) is 11.5 Å².